The highest BCUT2D eigenvalue weighted by atomic mass is 16.5. The van der Waals surface area contributed by atoms with E-state index in [0.717, 1.165) is 16.7 Å². The van der Waals surface area contributed by atoms with Crippen LogP contribution in [0.3, 0.4) is 0 Å². The molecule has 2 aliphatic rings. The third-order valence-corrected chi connectivity index (χ3v) is 6.45. The van der Waals surface area contributed by atoms with Crippen molar-refractivity contribution in [3.63, 3.8) is 0 Å². The number of rotatable bonds is 2. The van der Waals surface area contributed by atoms with Gasteiger partial charge in [0.15, 0.2) is 5.78 Å². The van der Waals surface area contributed by atoms with Crippen molar-refractivity contribution >= 4 is 11.7 Å². The maximum absolute atomic E-state index is 13.0. The highest BCUT2D eigenvalue weighted by Gasteiger charge is 2.43. The van der Waals surface area contributed by atoms with Gasteiger partial charge in [-0.15, -0.1) is 0 Å². The van der Waals surface area contributed by atoms with E-state index in [-0.39, 0.29) is 11.7 Å². The molecule has 1 fully saturated rings. The van der Waals surface area contributed by atoms with Gasteiger partial charge in [0.2, 0.25) is 0 Å². The van der Waals surface area contributed by atoms with Crippen molar-refractivity contribution in [1.82, 2.24) is 4.90 Å². The van der Waals surface area contributed by atoms with Gasteiger partial charge in [-0.2, -0.15) is 0 Å². The molecule has 0 atom stereocenters. The summed E-state index contributed by atoms with van der Waals surface area (Å²) in [5, 5.41) is 0. The third kappa shape index (κ3) is 3.74. The summed E-state index contributed by atoms with van der Waals surface area (Å²) in [5.74, 6) is 0.854. The van der Waals surface area contributed by atoms with Crippen LogP contribution >= 0.6 is 0 Å². The number of likely N-dealkylation sites (tertiary alicyclic amines) is 1. The molecule has 2 aliphatic heterocycles. The summed E-state index contributed by atoms with van der Waals surface area (Å²) in [6.07, 6.45) is 1.72. The Balaban J connectivity index is 1.27. The molecule has 31 heavy (non-hydrogen) atoms. The Morgan fingerprint density at radius 3 is 2.29 bits per heavy atom. The van der Waals surface area contributed by atoms with Crippen LogP contribution in [0.4, 0.5) is 0 Å². The number of fused-ring (bicyclic) bond motifs is 1. The van der Waals surface area contributed by atoms with Crippen LogP contribution in [0, 0.1) is 6.92 Å². The predicted molar refractivity (Wildman–Crippen MR) is 121 cm³/mol. The second-order valence-electron chi connectivity index (χ2n) is 8.62. The summed E-state index contributed by atoms with van der Waals surface area (Å²) in [6, 6.07) is 23.7. The molecule has 0 unspecified atom stereocenters. The fourth-order valence-electron chi connectivity index (χ4n) is 4.62. The molecule has 5 rings (SSSR count). The maximum Gasteiger partial charge on any atom is 0.253 e. The molecule has 1 amide bonds. The Morgan fingerprint density at radius 2 is 1.58 bits per heavy atom. The number of ketones is 1. The number of carbonyl (C=O) groups excluding carboxylic acids is 2. The molecule has 2 heterocycles. The van der Waals surface area contributed by atoms with E-state index in [2.05, 4.69) is 12.1 Å². The van der Waals surface area contributed by atoms with Crippen molar-refractivity contribution in [2.45, 2.75) is 31.8 Å². The Labute approximate surface area is 182 Å². The largest absolute Gasteiger partial charge is 0.486 e. The monoisotopic (exact) mass is 411 g/mol. The van der Waals surface area contributed by atoms with Gasteiger partial charge in [-0.3, -0.25) is 9.59 Å². The number of amides is 1. The predicted octanol–water partition coefficient (Wildman–Crippen LogP) is 5.30. The summed E-state index contributed by atoms with van der Waals surface area (Å²) in [4.78, 5) is 27.6. The molecule has 1 spiro atoms. The van der Waals surface area contributed by atoms with Gasteiger partial charge >= 0.3 is 0 Å². The van der Waals surface area contributed by atoms with Gasteiger partial charge in [-0.05, 0) is 42.3 Å². The molecule has 4 heteroatoms. The lowest BCUT2D eigenvalue weighted by Crippen LogP contribution is -2.52. The number of benzene rings is 3. The Morgan fingerprint density at radius 1 is 0.903 bits per heavy atom. The van der Waals surface area contributed by atoms with Crippen LogP contribution in [0.25, 0.3) is 11.1 Å². The van der Waals surface area contributed by atoms with Gasteiger partial charge in [0.25, 0.3) is 5.91 Å². The van der Waals surface area contributed by atoms with E-state index in [1.165, 1.54) is 0 Å². The minimum atomic E-state index is -0.493. The summed E-state index contributed by atoms with van der Waals surface area (Å²) in [5.41, 5.74) is 4.17. The maximum atomic E-state index is 13.0. The number of hydrogen-bond acceptors (Lipinski definition) is 3. The number of nitrogens with zero attached hydrogens (tertiary/aromatic N) is 1. The van der Waals surface area contributed by atoms with Crippen LogP contribution in [0.5, 0.6) is 5.75 Å². The zero-order valence-corrected chi connectivity index (χ0v) is 17.6. The lowest BCUT2D eigenvalue weighted by molar-refractivity contribution is -0.00572. The molecule has 0 N–H and O–H groups in total. The van der Waals surface area contributed by atoms with Crippen LogP contribution in [0.15, 0.2) is 72.8 Å². The molecular formula is C27H25NO3. The molecule has 0 bridgehead atoms. The molecule has 0 saturated carbocycles. The summed E-state index contributed by atoms with van der Waals surface area (Å²) < 4.78 is 6.33. The van der Waals surface area contributed by atoms with E-state index in [9.17, 15) is 9.59 Å². The molecule has 1 saturated heterocycles. The molecule has 0 aromatic heterocycles. The van der Waals surface area contributed by atoms with Crippen LogP contribution in [0.1, 0.15) is 45.5 Å². The molecule has 156 valence electrons. The minimum absolute atomic E-state index is 0.0348. The van der Waals surface area contributed by atoms with E-state index < -0.39 is 5.60 Å². The fourth-order valence-corrected chi connectivity index (χ4v) is 4.62. The zero-order valence-electron chi connectivity index (χ0n) is 17.6. The fraction of sp³-hybridized carbons (Fsp3) is 0.259. The van der Waals surface area contributed by atoms with E-state index in [0.29, 0.717) is 49.2 Å². The van der Waals surface area contributed by atoms with Crippen LogP contribution < -0.4 is 4.74 Å². The number of aryl methyl sites for hydroxylation is 1. The Bertz CT molecular complexity index is 1130. The summed E-state index contributed by atoms with van der Waals surface area (Å²) in [7, 11) is 0. The molecule has 3 aromatic rings. The van der Waals surface area contributed by atoms with Gasteiger partial charge in [-0.25, -0.2) is 0 Å². The average molecular weight is 412 g/mol. The summed E-state index contributed by atoms with van der Waals surface area (Å²) >= 11 is 0. The SMILES string of the molecule is Cc1ccc2c(c1)C(=O)CC1(CCN(C(=O)c3ccc(-c4ccccc4)cc3)CC1)O2. The van der Waals surface area contributed by atoms with Crippen molar-refractivity contribution in [3.05, 3.63) is 89.5 Å². The van der Waals surface area contributed by atoms with Crippen LogP contribution in [-0.2, 0) is 0 Å². The Hall–Kier alpha value is -3.40. The van der Waals surface area contributed by atoms with Crippen molar-refractivity contribution in [2.24, 2.45) is 0 Å². The second-order valence-corrected chi connectivity index (χ2v) is 8.62. The molecule has 0 aliphatic carbocycles. The highest BCUT2D eigenvalue weighted by Crippen LogP contribution is 2.39. The van der Waals surface area contributed by atoms with E-state index in [1.807, 2.05) is 72.5 Å². The van der Waals surface area contributed by atoms with E-state index in [1.54, 1.807) is 0 Å². The van der Waals surface area contributed by atoms with Crippen molar-refractivity contribution in [3.8, 4) is 16.9 Å². The first kappa shape index (κ1) is 19.6. The molecule has 3 aromatic carbocycles. The van der Waals surface area contributed by atoms with E-state index >= 15 is 0 Å². The summed E-state index contributed by atoms with van der Waals surface area (Å²) in [6.45, 7) is 3.16. The molecule has 4 nitrogen and oxygen atoms in total. The van der Waals surface area contributed by atoms with Gasteiger partial charge in [0, 0.05) is 31.5 Å². The van der Waals surface area contributed by atoms with Crippen molar-refractivity contribution in [1.29, 1.82) is 0 Å². The number of hydrogen-bond donors (Lipinski definition) is 0. The molecule has 0 radical (unpaired) electrons. The smallest absolute Gasteiger partial charge is 0.253 e. The van der Waals surface area contributed by atoms with Gasteiger partial charge in [0.05, 0.1) is 12.0 Å². The molecular weight excluding hydrogens is 386 g/mol. The van der Waals surface area contributed by atoms with Crippen molar-refractivity contribution < 1.29 is 14.3 Å². The minimum Gasteiger partial charge on any atom is -0.486 e. The van der Waals surface area contributed by atoms with Gasteiger partial charge in [-0.1, -0.05) is 54.1 Å². The second kappa shape index (κ2) is 7.69. The van der Waals surface area contributed by atoms with Crippen molar-refractivity contribution in [2.75, 3.05) is 13.1 Å². The zero-order chi connectivity index (χ0) is 21.4. The first-order chi connectivity index (χ1) is 15.0. The number of piperidine rings is 1. The highest BCUT2D eigenvalue weighted by molar-refractivity contribution is 6.00. The number of carbonyl (C=O) groups is 2. The Kier molecular flexibility index (Phi) is 4.85. The van der Waals surface area contributed by atoms with Gasteiger partial charge < -0.3 is 9.64 Å². The average Bonchev–Trinajstić information content (AvgIpc) is 2.80. The normalized spacial score (nSPS) is 17.2. The van der Waals surface area contributed by atoms with Crippen LogP contribution in [-0.4, -0.2) is 35.3 Å². The van der Waals surface area contributed by atoms with Gasteiger partial charge in [0.1, 0.15) is 11.4 Å². The quantitative estimate of drug-likeness (QED) is 0.575. The lowest BCUT2D eigenvalue weighted by Gasteiger charge is -2.44. The standard InChI is InChI=1S/C27H25NO3/c1-19-7-12-25-23(17-19)24(29)18-27(31-25)13-15-28(16-14-27)26(30)22-10-8-21(9-11-22)20-5-3-2-4-6-20/h2-12,17H,13-16,18H2,1H3. The first-order valence-electron chi connectivity index (χ1n) is 10.8. The van der Waals surface area contributed by atoms with E-state index in [4.69, 9.17) is 4.74 Å². The topological polar surface area (TPSA) is 46.6 Å². The third-order valence-electron chi connectivity index (χ3n) is 6.45. The van der Waals surface area contributed by atoms with Crippen LogP contribution in [0.2, 0.25) is 0 Å². The lowest BCUT2D eigenvalue weighted by atomic mass is 9.82. The number of ether oxygens (including phenoxy) is 1. The first-order valence-corrected chi connectivity index (χ1v) is 10.8. The number of Topliss-reactive ketones (excluding diaryl/α,β-unsaturated/α-hetero) is 1.